The molecule has 3 aromatic rings. The minimum atomic E-state index is -3.85. The number of rotatable bonds is 4. The van der Waals surface area contributed by atoms with Crippen molar-refractivity contribution in [1.29, 1.82) is 0 Å². The average Bonchev–Trinajstić information content (AvgIpc) is 2.81. The normalized spacial score (nSPS) is 15.8. The Morgan fingerprint density at radius 3 is 1.94 bits per heavy atom. The zero-order valence-corrected chi connectivity index (χ0v) is 18.1. The lowest BCUT2D eigenvalue weighted by molar-refractivity contribution is 0.314. The molecule has 1 fully saturated rings. The van der Waals surface area contributed by atoms with E-state index in [1.807, 2.05) is 67.6 Å². The summed E-state index contributed by atoms with van der Waals surface area (Å²) in [5.41, 5.74) is 4.22. The van der Waals surface area contributed by atoms with Gasteiger partial charge in [0.15, 0.2) is 0 Å². The van der Waals surface area contributed by atoms with Crippen molar-refractivity contribution in [3.8, 4) is 0 Å². The number of allylic oxidation sites excluding steroid dienone is 1. The summed E-state index contributed by atoms with van der Waals surface area (Å²) in [6.45, 7) is 2.23. The van der Waals surface area contributed by atoms with Crippen molar-refractivity contribution < 1.29 is 13.6 Å². The minimum Gasteiger partial charge on any atom is -0.411 e. The van der Waals surface area contributed by atoms with Crippen molar-refractivity contribution in [2.45, 2.75) is 24.7 Å². The van der Waals surface area contributed by atoms with E-state index < -0.39 is 10.0 Å². The highest BCUT2D eigenvalue weighted by molar-refractivity contribution is 7.89. The first kappa shape index (κ1) is 20.9. The highest BCUT2D eigenvalue weighted by Crippen LogP contribution is 2.35. The SMILES string of the molecule is Cc1ccc(S(=O)(=O)N2CCC/C(=N\O)C2=C(c2ccccc2)c2ccccc2)cc1. The zero-order valence-electron chi connectivity index (χ0n) is 17.3. The molecule has 1 saturated heterocycles. The van der Waals surface area contributed by atoms with E-state index in [9.17, 15) is 13.6 Å². The molecule has 0 aromatic heterocycles. The van der Waals surface area contributed by atoms with Crippen LogP contribution in [0.25, 0.3) is 5.57 Å². The van der Waals surface area contributed by atoms with Crippen molar-refractivity contribution >= 4 is 21.3 Å². The van der Waals surface area contributed by atoms with Gasteiger partial charge in [0.25, 0.3) is 10.0 Å². The lowest BCUT2D eigenvalue weighted by atomic mass is 9.92. The molecule has 0 bridgehead atoms. The van der Waals surface area contributed by atoms with Gasteiger partial charge in [0.1, 0.15) is 5.71 Å². The molecule has 1 heterocycles. The first-order valence-electron chi connectivity index (χ1n) is 10.2. The monoisotopic (exact) mass is 432 g/mol. The van der Waals surface area contributed by atoms with Crippen LogP contribution in [0.5, 0.6) is 0 Å². The Balaban J connectivity index is 2.01. The van der Waals surface area contributed by atoms with Gasteiger partial charge >= 0.3 is 0 Å². The maximum Gasteiger partial charge on any atom is 0.264 e. The number of hydrogen-bond donors (Lipinski definition) is 1. The molecule has 5 nitrogen and oxygen atoms in total. The molecule has 6 heteroatoms. The second-order valence-corrected chi connectivity index (χ2v) is 9.36. The van der Waals surface area contributed by atoms with Crippen LogP contribution in [0, 0.1) is 6.92 Å². The summed E-state index contributed by atoms with van der Waals surface area (Å²) in [7, 11) is -3.85. The van der Waals surface area contributed by atoms with Crippen LogP contribution in [-0.4, -0.2) is 30.2 Å². The Morgan fingerprint density at radius 2 is 1.42 bits per heavy atom. The number of piperidine rings is 1. The largest absolute Gasteiger partial charge is 0.411 e. The van der Waals surface area contributed by atoms with E-state index in [1.54, 1.807) is 24.3 Å². The molecule has 0 unspecified atom stereocenters. The predicted octanol–water partition coefficient (Wildman–Crippen LogP) is 5.07. The van der Waals surface area contributed by atoms with Gasteiger partial charge in [0, 0.05) is 12.1 Å². The third-order valence-corrected chi connectivity index (χ3v) is 7.20. The van der Waals surface area contributed by atoms with E-state index in [2.05, 4.69) is 5.16 Å². The molecule has 0 atom stereocenters. The predicted molar refractivity (Wildman–Crippen MR) is 122 cm³/mol. The molecule has 0 radical (unpaired) electrons. The summed E-state index contributed by atoms with van der Waals surface area (Å²) < 4.78 is 28.8. The van der Waals surface area contributed by atoms with Gasteiger partial charge in [-0.05, 0) is 43.0 Å². The molecular weight excluding hydrogens is 408 g/mol. The van der Waals surface area contributed by atoms with Crippen LogP contribution in [-0.2, 0) is 10.0 Å². The fourth-order valence-corrected chi connectivity index (χ4v) is 5.40. The summed E-state index contributed by atoms with van der Waals surface area (Å²) in [6.07, 6.45) is 1.07. The molecule has 0 aliphatic carbocycles. The average molecular weight is 433 g/mol. The summed E-state index contributed by atoms with van der Waals surface area (Å²) in [4.78, 5) is 0.218. The quantitative estimate of drug-likeness (QED) is 0.462. The topological polar surface area (TPSA) is 70.0 Å². The third-order valence-electron chi connectivity index (χ3n) is 5.39. The van der Waals surface area contributed by atoms with Gasteiger partial charge in [-0.2, -0.15) is 0 Å². The number of benzene rings is 3. The second-order valence-electron chi connectivity index (χ2n) is 7.50. The van der Waals surface area contributed by atoms with E-state index in [1.165, 1.54) is 4.31 Å². The summed E-state index contributed by atoms with van der Waals surface area (Å²) in [5, 5.41) is 13.4. The molecule has 31 heavy (non-hydrogen) atoms. The number of aryl methyl sites for hydroxylation is 1. The Bertz CT molecular complexity index is 1180. The lowest BCUT2D eigenvalue weighted by Crippen LogP contribution is -2.39. The Hall–Kier alpha value is -3.38. The fourth-order valence-electron chi connectivity index (χ4n) is 3.86. The van der Waals surface area contributed by atoms with Gasteiger partial charge in [-0.15, -0.1) is 0 Å². The molecule has 1 aliphatic heterocycles. The maximum absolute atomic E-state index is 13.7. The second kappa shape index (κ2) is 8.78. The van der Waals surface area contributed by atoms with E-state index in [0.29, 0.717) is 30.8 Å². The van der Waals surface area contributed by atoms with Crippen molar-refractivity contribution in [3.63, 3.8) is 0 Å². The molecular formula is C25H24N2O3S. The molecule has 1 aliphatic rings. The van der Waals surface area contributed by atoms with Gasteiger partial charge in [-0.3, -0.25) is 4.31 Å². The van der Waals surface area contributed by atoms with Crippen molar-refractivity contribution in [2.75, 3.05) is 6.54 Å². The fraction of sp³-hybridized carbons (Fsp3) is 0.160. The zero-order chi connectivity index (χ0) is 21.8. The Morgan fingerprint density at radius 1 is 0.871 bits per heavy atom. The molecule has 3 aromatic carbocycles. The van der Waals surface area contributed by atoms with Crippen molar-refractivity contribution in [1.82, 2.24) is 4.31 Å². The van der Waals surface area contributed by atoms with Crippen LogP contribution < -0.4 is 0 Å². The highest BCUT2D eigenvalue weighted by atomic mass is 32.2. The van der Waals surface area contributed by atoms with Crippen LogP contribution >= 0.6 is 0 Å². The van der Waals surface area contributed by atoms with E-state index in [4.69, 9.17) is 0 Å². The maximum atomic E-state index is 13.7. The van der Waals surface area contributed by atoms with E-state index in [-0.39, 0.29) is 4.90 Å². The van der Waals surface area contributed by atoms with Gasteiger partial charge in [0.05, 0.1) is 10.6 Å². The van der Waals surface area contributed by atoms with Gasteiger partial charge in [0.2, 0.25) is 0 Å². The third kappa shape index (κ3) is 4.11. The Labute approximate surface area is 183 Å². The smallest absolute Gasteiger partial charge is 0.264 e. The van der Waals surface area contributed by atoms with Crippen molar-refractivity contribution in [3.05, 3.63) is 107 Å². The number of oxime groups is 1. The summed E-state index contributed by atoms with van der Waals surface area (Å²) in [6, 6.07) is 26.1. The molecule has 4 rings (SSSR count). The highest BCUT2D eigenvalue weighted by Gasteiger charge is 2.35. The van der Waals surface area contributed by atoms with E-state index >= 15 is 0 Å². The molecule has 158 valence electrons. The van der Waals surface area contributed by atoms with Gasteiger partial charge < -0.3 is 5.21 Å². The van der Waals surface area contributed by atoms with Crippen molar-refractivity contribution in [2.24, 2.45) is 5.16 Å². The molecule has 1 N–H and O–H groups in total. The standard InChI is InChI=1S/C25H24N2O3S/c1-19-14-16-22(17-15-19)31(29,30)27-18-8-13-23(26-28)25(27)24(20-9-4-2-5-10-20)21-11-6-3-7-12-21/h2-7,9-12,14-17,28H,8,13,18H2,1H3/b26-23+. The lowest BCUT2D eigenvalue weighted by Gasteiger charge is -2.33. The minimum absolute atomic E-state index is 0.218. The number of hydrogen-bond acceptors (Lipinski definition) is 4. The van der Waals surface area contributed by atoms with Gasteiger partial charge in [-0.1, -0.05) is 83.5 Å². The molecule has 0 spiro atoms. The number of sulfonamides is 1. The van der Waals surface area contributed by atoms with Crippen LogP contribution in [0.1, 0.15) is 29.5 Å². The van der Waals surface area contributed by atoms with Crippen LogP contribution in [0.4, 0.5) is 0 Å². The molecule has 0 amide bonds. The van der Waals surface area contributed by atoms with Crippen LogP contribution in [0.15, 0.2) is 101 Å². The first-order chi connectivity index (χ1) is 15.0. The van der Waals surface area contributed by atoms with E-state index in [0.717, 1.165) is 22.3 Å². The number of nitrogens with zero attached hydrogens (tertiary/aromatic N) is 2. The summed E-state index contributed by atoms with van der Waals surface area (Å²) >= 11 is 0. The van der Waals surface area contributed by atoms with Crippen LogP contribution in [0.2, 0.25) is 0 Å². The van der Waals surface area contributed by atoms with Crippen LogP contribution in [0.3, 0.4) is 0 Å². The first-order valence-corrected chi connectivity index (χ1v) is 11.6. The summed E-state index contributed by atoms with van der Waals surface area (Å²) in [5.74, 6) is 0. The van der Waals surface area contributed by atoms with Gasteiger partial charge in [-0.25, -0.2) is 8.42 Å². The Kier molecular flexibility index (Phi) is 5.91. The molecule has 0 saturated carbocycles.